The van der Waals surface area contributed by atoms with Crippen LogP contribution in [-0.2, 0) is 4.79 Å². The predicted octanol–water partition coefficient (Wildman–Crippen LogP) is 3.52. The Hall–Kier alpha value is -1.59. The van der Waals surface area contributed by atoms with Gasteiger partial charge in [-0.1, -0.05) is 12.1 Å². The molecule has 3 nitrogen and oxygen atoms in total. The molecular weight excluding hydrogens is 264 g/mol. The lowest BCUT2D eigenvalue weighted by atomic mass is 10.2. The lowest BCUT2D eigenvalue weighted by molar-refractivity contribution is -0.111. The van der Waals surface area contributed by atoms with E-state index in [1.807, 2.05) is 35.9 Å². The second-order valence-electron chi connectivity index (χ2n) is 3.43. The van der Waals surface area contributed by atoms with Crippen LogP contribution in [0.2, 0.25) is 0 Å². The average molecular weight is 276 g/mol. The van der Waals surface area contributed by atoms with Gasteiger partial charge in [0.15, 0.2) is 5.13 Å². The molecule has 1 heterocycles. The molecule has 0 spiro atoms. The number of thioether (sulfide) groups is 1. The molecule has 1 amide bonds. The zero-order valence-corrected chi connectivity index (χ0v) is 11.4. The van der Waals surface area contributed by atoms with Crippen LogP contribution in [-0.4, -0.2) is 17.1 Å². The van der Waals surface area contributed by atoms with E-state index < -0.39 is 0 Å². The van der Waals surface area contributed by atoms with Gasteiger partial charge in [0.05, 0.1) is 0 Å². The van der Waals surface area contributed by atoms with Crippen LogP contribution in [0.25, 0.3) is 6.08 Å². The second kappa shape index (κ2) is 6.37. The number of anilines is 1. The minimum Gasteiger partial charge on any atom is -0.298 e. The molecular formula is C13H12N2OS2. The van der Waals surface area contributed by atoms with Gasteiger partial charge in [-0.3, -0.25) is 10.1 Å². The van der Waals surface area contributed by atoms with E-state index >= 15 is 0 Å². The number of hydrogen-bond acceptors (Lipinski definition) is 4. The van der Waals surface area contributed by atoms with Gasteiger partial charge in [-0.15, -0.1) is 23.1 Å². The van der Waals surface area contributed by atoms with Crippen LogP contribution in [0.1, 0.15) is 5.56 Å². The van der Waals surface area contributed by atoms with Crippen molar-refractivity contribution in [2.45, 2.75) is 4.90 Å². The summed E-state index contributed by atoms with van der Waals surface area (Å²) < 4.78 is 0. The quantitative estimate of drug-likeness (QED) is 0.686. The largest absolute Gasteiger partial charge is 0.298 e. The summed E-state index contributed by atoms with van der Waals surface area (Å²) in [6, 6.07) is 8.03. The summed E-state index contributed by atoms with van der Waals surface area (Å²) in [4.78, 5) is 16.8. The van der Waals surface area contributed by atoms with E-state index in [4.69, 9.17) is 0 Å². The first-order valence-electron chi connectivity index (χ1n) is 5.30. The summed E-state index contributed by atoms with van der Waals surface area (Å²) in [7, 11) is 0. The monoisotopic (exact) mass is 276 g/mol. The van der Waals surface area contributed by atoms with Crippen molar-refractivity contribution in [1.82, 2.24) is 4.98 Å². The van der Waals surface area contributed by atoms with Gasteiger partial charge in [0.1, 0.15) is 0 Å². The number of thiazole rings is 1. The molecule has 18 heavy (non-hydrogen) atoms. The average Bonchev–Trinajstić information content (AvgIpc) is 2.90. The van der Waals surface area contributed by atoms with Crippen molar-refractivity contribution in [1.29, 1.82) is 0 Å². The van der Waals surface area contributed by atoms with Crippen LogP contribution in [0.3, 0.4) is 0 Å². The van der Waals surface area contributed by atoms with E-state index in [1.54, 1.807) is 24.0 Å². The number of carbonyl (C=O) groups is 1. The molecule has 0 aliphatic rings. The van der Waals surface area contributed by atoms with E-state index in [0.29, 0.717) is 5.13 Å². The fourth-order valence-corrected chi connectivity index (χ4v) is 2.26. The summed E-state index contributed by atoms with van der Waals surface area (Å²) in [6.07, 6.45) is 6.99. The van der Waals surface area contributed by atoms with Crippen LogP contribution in [0.4, 0.5) is 5.13 Å². The zero-order chi connectivity index (χ0) is 12.8. The van der Waals surface area contributed by atoms with Crippen LogP contribution < -0.4 is 5.32 Å². The maximum absolute atomic E-state index is 11.6. The SMILES string of the molecule is CSc1ccc(/C=C/C(=O)Nc2nccs2)cc1. The first kappa shape index (κ1) is 12.9. The third-order valence-corrected chi connectivity index (χ3v) is 3.64. The van der Waals surface area contributed by atoms with E-state index in [-0.39, 0.29) is 5.91 Å². The minimum atomic E-state index is -0.168. The van der Waals surface area contributed by atoms with Gasteiger partial charge in [-0.2, -0.15) is 0 Å². The van der Waals surface area contributed by atoms with Crippen molar-refractivity contribution in [3.05, 3.63) is 47.5 Å². The van der Waals surface area contributed by atoms with Crippen LogP contribution >= 0.6 is 23.1 Å². The van der Waals surface area contributed by atoms with Crippen molar-refractivity contribution in [3.63, 3.8) is 0 Å². The Morgan fingerprint density at radius 2 is 2.17 bits per heavy atom. The molecule has 0 saturated heterocycles. The van der Waals surface area contributed by atoms with Crippen molar-refractivity contribution < 1.29 is 4.79 Å². The lowest BCUT2D eigenvalue weighted by Gasteiger charge is -1.97. The zero-order valence-electron chi connectivity index (χ0n) is 9.79. The molecule has 0 aliphatic carbocycles. The van der Waals surface area contributed by atoms with Crippen LogP contribution in [0.5, 0.6) is 0 Å². The molecule has 0 radical (unpaired) electrons. The molecule has 0 bridgehead atoms. The van der Waals surface area contributed by atoms with Gasteiger partial charge in [0.25, 0.3) is 0 Å². The smallest absolute Gasteiger partial charge is 0.250 e. The highest BCUT2D eigenvalue weighted by molar-refractivity contribution is 7.98. The Balaban J connectivity index is 1.95. The van der Waals surface area contributed by atoms with E-state index in [2.05, 4.69) is 10.3 Å². The molecule has 1 N–H and O–H groups in total. The van der Waals surface area contributed by atoms with Crippen molar-refractivity contribution in [2.75, 3.05) is 11.6 Å². The second-order valence-corrected chi connectivity index (χ2v) is 5.21. The predicted molar refractivity (Wildman–Crippen MR) is 78.0 cm³/mol. The highest BCUT2D eigenvalue weighted by Gasteiger charge is 1.99. The highest BCUT2D eigenvalue weighted by Crippen LogP contribution is 2.15. The highest BCUT2D eigenvalue weighted by atomic mass is 32.2. The van der Waals surface area contributed by atoms with E-state index in [1.165, 1.54) is 22.3 Å². The summed E-state index contributed by atoms with van der Waals surface area (Å²) in [5.41, 5.74) is 1.00. The van der Waals surface area contributed by atoms with E-state index in [0.717, 1.165) is 5.56 Å². The summed E-state index contributed by atoms with van der Waals surface area (Å²) >= 11 is 3.09. The number of hydrogen-bond donors (Lipinski definition) is 1. The van der Waals surface area contributed by atoms with Gasteiger partial charge in [0.2, 0.25) is 5.91 Å². The van der Waals surface area contributed by atoms with Gasteiger partial charge in [-0.25, -0.2) is 4.98 Å². The third kappa shape index (κ3) is 3.72. The Morgan fingerprint density at radius 1 is 1.39 bits per heavy atom. The van der Waals surface area contributed by atoms with Crippen molar-refractivity contribution >= 4 is 40.2 Å². The Kier molecular flexibility index (Phi) is 4.55. The number of amides is 1. The Labute approximate surface area is 114 Å². The molecule has 0 aliphatic heterocycles. The first-order chi connectivity index (χ1) is 8.78. The van der Waals surface area contributed by atoms with Gasteiger partial charge in [0, 0.05) is 22.5 Å². The van der Waals surface area contributed by atoms with Gasteiger partial charge in [-0.05, 0) is 30.0 Å². The Bertz CT molecular complexity index is 533. The molecule has 2 aromatic rings. The third-order valence-electron chi connectivity index (χ3n) is 2.21. The molecule has 0 fully saturated rings. The molecule has 92 valence electrons. The molecule has 2 rings (SSSR count). The van der Waals surface area contributed by atoms with Gasteiger partial charge < -0.3 is 0 Å². The molecule has 1 aromatic heterocycles. The number of nitrogens with one attached hydrogen (secondary N) is 1. The normalized spacial score (nSPS) is 10.7. The van der Waals surface area contributed by atoms with Crippen LogP contribution in [0.15, 0.2) is 46.8 Å². The number of aromatic nitrogens is 1. The maximum Gasteiger partial charge on any atom is 0.250 e. The van der Waals surface area contributed by atoms with Crippen molar-refractivity contribution in [3.8, 4) is 0 Å². The number of carbonyl (C=O) groups excluding carboxylic acids is 1. The number of benzene rings is 1. The van der Waals surface area contributed by atoms with Gasteiger partial charge >= 0.3 is 0 Å². The molecule has 0 unspecified atom stereocenters. The molecule has 0 saturated carbocycles. The summed E-state index contributed by atoms with van der Waals surface area (Å²) in [6.45, 7) is 0. The van der Waals surface area contributed by atoms with Crippen molar-refractivity contribution in [2.24, 2.45) is 0 Å². The minimum absolute atomic E-state index is 0.168. The maximum atomic E-state index is 11.6. The Morgan fingerprint density at radius 3 is 2.78 bits per heavy atom. The first-order valence-corrected chi connectivity index (χ1v) is 7.41. The van der Waals surface area contributed by atoms with Crippen LogP contribution in [0, 0.1) is 0 Å². The summed E-state index contributed by atoms with van der Waals surface area (Å²) in [5, 5.41) is 5.13. The fraction of sp³-hybridized carbons (Fsp3) is 0.0769. The molecule has 5 heteroatoms. The molecule has 0 atom stereocenters. The fourth-order valence-electron chi connectivity index (χ4n) is 1.32. The lowest BCUT2D eigenvalue weighted by Crippen LogP contribution is -2.06. The number of rotatable bonds is 4. The van der Waals surface area contributed by atoms with E-state index in [9.17, 15) is 4.79 Å². The standard InChI is InChI=1S/C13H12N2OS2/c1-17-11-5-2-10(3-6-11)4-7-12(16)15-13-14-8-9-18-13/h2-9H,1H3,(H,14,15,16)/b7-4+. The number of nitrogens with zero attached hydrogens (tertiary/aromatic N) is 1. The molecule has 1 aromatic carbocycles. The summed E-state index contributed by atoms with van der Waals surface area (Å²) in [5.74, 6) is -0.168. The topological polar surface area (TPSA) is 42.0 Å².